The molecule has 0 aliphatic carbocycles. The van der Waals surface area contributed by atoms with Gasteiger partial charge in [0.2, 0.25) is 5.91 Å². The van der Waals surface area contributed by atoms with Crippen molar-refractivity contribution >= 4 is 29.3 Å². The summed E-state index contributed by atoms with van der Waals surface area (Å²) in [6.45, 7) is 4.88. The summed E-state index contributed by atoms with van der Waals surface area (Å²) in [6, 6.07) is 13.2. The molecular weight excluding hydrogens is 407 g/mol. The third-order valence-electron chi connectivity index (χ3n) is 5.47. The highest BCUT2D eigenvalue weighted by Gasteiger charge is 2.25. The van der Waals surface area contributed by atoms with E-state index in [1.165, 1.54) is 17.2 Å². The summed E-state index contributed by atoms with van der Waals surface area (Å²) in [5.41, 5.74) is 3.21. The summed E-state index contributed by atoms with van der Waals surface area (Å²) in [5, 5.41) is 3.54. The first-order valence-corrected chi connectivity index (χ1v) is 11.6. The first kappa shape index (κ1) is 22.1. The van der Waals surface area contributed by atoms with Gasteiger partial charge in [0.1, 0.15) is 5.82 Å². The number of benzene rings is 2. The van der Waals surface area contributed by atoms with Crippen LogP contribution >= 0.6 is 23.4 Å². The highest BCUT2D eigenvalue weighted by atomic mass is 35.5. The van der Waals surface area contributed by atoms with Crippen LogP contribution in [-0.4, -0.2) is 36.2 Å². The van der Waals surface area contributed by atoms with Crippen molar-refractivity contribution in [2.24, 2.45) is 5.92 Å². The van der Waals surface area contributed by atoms with E-state index in [1.54, 1.807) is 12.1 Å². The molecule has 1 saturated heterocycles. The number of rotatable bonds is 8. The minimum atomic E-state index is -0.263. The van der Waals surface area contributed by atoms with Gasteiger partial charge in [-0.25, -0.2) is 4.39 Å². The molecule has 0 radical (unpaired) electrons. The number of nitrogens with zero attached hydrogens (tertiary/aromatic N) is 1. The smallest absolute Gasteiger partial charge is 0.223 e. The molecular formula is C23H28ClFN2OS. The van der Waals surface area contributed by atoms with Crippen LogP contribution in [-0.2, 0) is 17.1 Å². The zero-order valence-electron chi connectivity index (χ0n) is 16.8. The van der Waals surface area contributed by atoms with Gasteiger partial charge in [0.15, 0.2) is 0 Å². The van der Waals surface area contributed by atoms with Crippen LogP contribution in [0.15, 0.2) is 42.5 Å². The maximum Gasteiger partial charge on any atom is 0.223 e. The molecule has 29 heavy (non-hydrogen) atoms. The Bertz CT molecular complexity index is 804. The first-order chi connectivity index (χ1) is 14.0. The van der Waals surface area contributed by atoms with Crippen LogP contribution in [0.3, 0.4) is 0 Å². The Labute approximate surface area is 182 Å². The van der Waals surface area contributed by atoms with Crippen LogP contribution in [0.4, 0.5) is 4.39 Å². The Morgan fingerprint density at radius 1 is 1.21 bits per heavy atom. The monoisotopic (exact) mass is 434 g/mol. The minimum Gasteiger partial charge on any atom is -0.355 e. The fourth-order valence-electron chi connectivity index (χ4n) is 3.61. The molecule has 0 atom stereocenters. The minimum absolute atomic E-state index is 0.0451. The molecule has 3 rings (SSSR count). The lowest BCUT2D eigenvalue weighted by Crippen LogP contribution is -2.40. The molecule has 1 aliphatic rings. The van der Waals surface area contributed by atoms with Gasteiger partial charge in [0, 0.05) is 41.1 Å². The summed E-state index contributed by atoms with van der Waals surface area (Å²) >= 11 is 7.97. The maximum atomic E-state index is 14.0. The average Bonchev–Trinajstić information content (AvgIpc) is 2.72. The van der Waals surface area contributed by atoms with Gasteiger partial charge in [-0.3, -0.25) is 9.69 Å². The number of piperidine rings is 1. The van der Waals surface area contributed by atoms with Gasteiger partial charge < -0.3 is 5.32 Å². The van der Waals surface area contributed by atoms with Crippen molar-refractivity contribution in [1.29, 1.82) is 0 Å². The fourth-order valence-corrected chi connectivity index (χ4v) is 4.76. The van der Waals surface area contributed by atoms with Crippen molar-refractivity contribution in [3.05, 3.63) is 70.0 Å². The highest BCUT2D eigenvalue weighted by Crippen LogP contribution is 2.24. The van der Waals surface area contributed by atoms with E-state index < -0.39 is 0 Å². The lowest BCUT2D eigenvalue weighted by Gasteiger charge is -2.31. The molecule has 0 spiro atoms. The quantitative estimate of drug-likeness (QED) is 0.590. The van der Waals surface area contributed by atoms with Crippen molar-refractivity contribution in [1.82, 2.24) is 10.2 Å². The Balaban J connectivity index is 1.34. The number of carbonyl (C=O) groups is 1. The highest BCUT2D eigenvalue weighted by molar-refractivity contribution is 7.98. The fraction of sp³-hybridized carbons (Fsp3) is 0.435. The molecule has 2 aromatic rings. The molecule has 156 valence electrons. The molecule has 2 aromatic carbocycles. The molecule has 1 amide bonds. The molecule has 0 aromatic heterocycles. The zero-order valence-corrected chi connectivity index (χ0v) is 18.4. The lowest BCUT2D eigenvalue weighted by molar-refractivity contribution is -0.126. The predicted octanol–water partition coefficient (Wildman–Crippen LogP) is 5.05. The number of thioether (sulfide) groups is 1. The summed E-state index contributed by atoms with van der Waals surface area (Å²) in [7, 11) is 0. The van der Waals surface area contributed by atoms with Gasteiger partial charge in [-0.15, -0.1) is 0 Å². The normalized spacial score (nSPS) is 15.4. The van der Waals surface area contributed by atoms with Crippen molar-refractivity contribution < 1.29 is 9.18 Å². The molecule has 3 nitrogen and oxygen atoms in total. The Morgan fingerprint density at radius 2 is 1.97 bits per heavy atom. The van der Waals surface area contributed by atoms with Crippen LogP contribution in [0.5, 0.6) is 0 Å². The SMILES string of the molecule is Cc1ccccc1CSCCNC(=O)C1CCN(Cc2c(F)cccc2Cl)CC1. The Kier molecular flexibility index (Phi) is 8.40. The van der Waals surface area contributed by atoms with E-state index in [-0.39, 0.29) is 17.6 Å². The molecule has 6 heteroatoms. The van der Waals surface area contributed by atoms with Crippen molar-refractivity contribution in [2.45, 2.75) is 32.1 Å². The van der Waals surface area contributed by atoms with Crippen molar-refractivity contribution in [3.8, 4) is 0 Å². The van der Waals surface area contributed by atoms with Gasteiger partial charge in [-0.2, -0.15) is 11.8 Å². The number of hydrogen-bond acceptors (Lipinski definition) is 3. The zero-order chi connectivity index (χ0) is 20.6. The van der Waals surface area contributed by atoms with Crippen LogP contribution in [0.1, 0.15) is 29.5 Å². The Hall–Kier alpha value is -1.56. The average molecular weight is 435 g/mol. The van der Waals surface area contributed by atoms with E-state index in [0.717, 1.165) is 37.4 Å². The van der Waals surface area contributed by atoms with Crippen LogP contribution in [0, 0.1) is 18.7 Å². The summed E-state index contributed by atoms with van der Waals surface area (Å²) < 4.78 is 14.0. The van der Waals surface area contributed by atoms with E-state index >= 15 is 0 Å². The van der Waals surface area contributed by atoms with Gasteiger partial charge in [-0.05, 0) is 56.1 Å². The first-order valence-electron chi connectivity index (χ1n) is 10.1. The topological polar surface area (TPSA) is 32.3 Å². The van der Waals surface area contributed by atoms with Crippen LogP contribution < -0.4 is 5.32 Å². The molecule has 1 heterocycles. The summed E-state index contributed by atoms with van der Waals surface area (Å²) in [4.78, 5) is 14.6. The number of nitrogens with one attached hydrogen (secondary N) is 1. The molecule has 0 unspecified atom stereocenters. The molecule has 1 fully saturated rings. The largest absolute Gasteiger partial charge is 0.355 e. The predicted molar refractivity (Wildman–Crippen MR) is 120 cm³/mol. The second-order valence-electron chi connectivity index (χ2n) is 7.52. The Morgan fingerprint density at radius 3 is 2.69 bits per heavy atom. The number of carbonyl (C=O) groups excluding carboxylic acids is 1. The number of aryl methyl sites for hydroxylation is 1. The van der Waals surface area contributed by atoms with Gasteiger partial charge in [-0.1, -0.05) is 41.9 Å². The van der Waals surface area contributed by atoms with Crippen molar-refractivity contribution in [3.63, 3.8) is 0 Å². The molecule has 0 bridgehead atoms. The lowest BCUT2D eigenvalue weighted by atomic mass is 9.95. The van der Waals surface area contributed by atoms with Crippen LogP contribution in [0.25, 0.3) is 0 Å². The van der Waals surface area contributed by atoms with Crippen molar-refractivity contribution in [2.75, 3.05) is 25.4 Å². The molecule has 1 aliphatic heterocycles. The van der Waals surface area contributed by atoms with E-state index in [9.17, 15) is 9.18 Å². The third-order valence-corrected chi connectivity index (χ3v) is 6.83. The number of likely N-dealkylation sites (tertiary alicyclic amines) is 1. The summed E-state index contributed by atoms with van der Waals surface area (Å²) in [6.07, 6.45) is 1.60. The number of halogens is 2. The van der Waals surface area contributed by atoms with Gasteiger partial charge in [0.25, 0.3) is 0 Å². The summed E-state index contributed by atoms with van der Waals surface area (Å²) in [5.74, 6) is 1.80. The van der Waals surface area contributed by atoms with Gasteiger partial charge in [0.05, 0.1) is 0 Å². The van der Waals surface area contributed by atoms with Gasteiger partial charge >= 0.3 is 0 Å². The van der Waals surface area contributed by atoms with Crippen LogP contribution in [0.2, 0.25) is 5.02 Å². The molecule has 1 N–H and O–H groups in total. The second-order valence-corrected chi connectivity index (χ2v) is 9.03. The van der Waals surface area contributed by atoms with E-state index in [0.29, 0.717) is 23.7 Å². The van der Waals surface area contributed by atoms with E-state index in [1.807, 2.05) is 11.8 Å². The molecule has 0 saturated carbocycles. The second kappa shape index (κ2) is 11.0. The standard InChI is InChI=1S/C23H28ClFN2OS/c1-17-5-2-3-6-19(17)16-29-14-11-26-23(28)18-9-12-27(13-10-18)15-20-21(24)7-4-8-22(20)25/h2-8,18H,9-16H2,1H3,(H,26,28). The number of hydrogen-bond donors (Lipinski definition) is 1. The third kappa shape index (κ3) is 6.46. The van der Waals surface area contributed by atoms with E-state index in [4.69, 9.17) is 11.6 Å². The maximum absolute atomic E-state index is 14.0. The van der Waals surface area contributed by atoms with E-state index in [2.05, 4.69) is 41.4 Å². The number of amides is 1.